The van der Waals surface area contributed by atoms with Crippen LogP contribution in [-0.2, 0) is 38.0 Å². The highest BCUT2D eigenvalue weighted by molar-refractivity contribution is 5.89. The number of aliphatic hydroxyl groups is 4. The minimum absolute atomic E-state index is 0.142. The minimum Gasteiger partial charge on any atom is -0.459 e. The van der Waals surface area contributed by atoms with Gasteiger partial charge in [0.15, 0.2) is 12.6 Å². The van der Waals surface area contributed by atoms with Crippen molar-refractivity contribution < 1.29 is 58.4 Å². The Morgan fingerprint density at radius 2 is 1.51 bits per heavy atom. The molecule has 0 spiro atoms. The third-order valence-corrected chi connectivity index (χ3v) is 12.5. The van der Waals surface area contributed by atoms with Crippen molar-refractivity contribution in [3.63, 3.8) is 0 Å². The number of nitrogens with two attached hydrogens (primary N) is 1. The molecular formula is C38H71N3O12. The van der Waals surface area contributed by atoms with Crippen LogP contribution >= 0.6 is 0 Å². The Hall–Kier alpha value is -1.50. The number of rotatable bonds is 8. The van der Waals surface area contributed by atoms with Crippen LogP contribution in [-0.4, -0.2) is 150 Å². The van der Waals surface area contributed by atoms with E-state index in [0.717, 1.165) is 0 Å². The first-order chi connectivity index (χ1) is 24.5. The molecule has 0 aromatic carbocycles. The zero-order valence-corrected chi connectivity index (χ0v) is 34.5. The Kier molecular flexibility index (Phi) is 15.7. The number of ether oxygens (including phenoxy) is 7. The summed E-state index contributed by atoms with van der Waals surface area (Å²) in [4.78, 5) is 16.2. The molecule has 3 saturated heterocycles. The second kappa shape index (κ2) is 18.2. The van der Waals surface area contributed by atoms with E-state index in [2.05, 4.69) is 5.10 Å². The average Bonchev–Trinajstić information content (AvgIpc) is 3.10. The Balaban J connectivity index is 2.25. The second-order valence-corrected chi connectivity index (χ2v) is 16.8. The summed E-state index contributed by atoms with van der Waals surface area (Å²) in [5.41, 5.74) is -3.65. The highest BCUT2D eigenvalue weighted by Gasteiger charge is 2.54. The summed E-state index contributed by atoms with van der Waals surface area (Å²) in [6.45, 7) is 17.7. The van der Waals surface area contributed by atoms with Crippen LogP contribution in [0.5, 0.6) is 0 Å². The molecule has 3 rings (SSSR count). The van der Waals surface area contributed by atoms with E-state index in [9.17, 15) is 25.2 Å². The van der Waals surface area contributed by atoms with Gasteiger partial charge in [-0.25, -0.2) is 0 Å². The van der Waals surface area contributed by atoms with Crippen LogP contribution in [0.4, 0.5) is 0 Å². The van der Waals surface area contributed by atoms with Gasteiger partial charge < -0.3 is 64.3 Å². The minimum atomic E-state index is -1.88. The molecule has 0 amide bonds. The Morgan fingerprint density at radius 1 is 0.906 bits per heavy atom. The highest BCUT2D eigenvalue weighted by atomic mass is 16.7. The number of hydrogen-bond acceptors (Lipinski definition) is 15. The van der Waals surface area contributed by atoms with Gasteiger partial charge in [0.2, 0.25) is 0 Å². The lowest BCUT2D eigenvalue weighted by atomic mass is 9.73. The number of hydrazone groups is 1. The van der Waals surface area contributed by atoms with Crippen LogP contribution in [0.1, 0.15) is 94.9 Å². The third-order valence-electron chi connectivity index (χ3n) is 12.5. The molecule has 0 bridgehead atoms. The highest BCUT2D eigenvalue weighted by Crippen LogP contribution is 2.42. The summed E-state index contributed by atoms with van der Waals surface area (Å²) in [6, 6.07) is -0.265. The lowest BCUT2D eigenvalue weighted by Gasteiger charge is -2.50. The molecule has 6 N–H and O–H groups in total. The van der Waals surface area contributed by atoms with E-state index in [-0.39, 0.29) is 31.4 Å². The van der Waals surface area contributed by atoms with Gasteiger partial charge in [-0.1, -0.05) is 27.7 Å². The van der Waals surface area contributed by atoms with Crippen molar-refractivity contribution in [2.45, 2.75) is 179 Å². The summed E-state index contributed by atoms with van der Waals surface area (Å²) >= 11 is 0. The molecule has 0 saturated carbocycles. The van der Waals surface area contributed by atoms with E-state index in [1.807, 2.05) is 46.7 Å². The molecule has 15 heteroatoms. The van der Waals surface area contributed by atoms with E-state index in [1.54, 1.807) is 41.7 Å². The predicted octanol–water partition coefficient (Wildman–Crippen LogP) is 2.19. The number of cyclic esters (lactones) is 1. The number of carbonyl (C=O) groups excluding carboxylic acids is 1. The van der Waals surface area contributed by atoms with E-state index >= 15 is 0 Å². The first-order valence-electron chi connectivity index (χ1n) is 19.2. The zero-order chi connectivity index (χ0) is 40.4. The van der Waals surface area contributed by atoms with Crippen LogP contribution in [0.25, 0.3) is 0 Å². The summed E-state index contributed by atoms with van der Waals surface area (Å²) in [5, 5.41) is 50.1. The van der Waals surface area contributed by atoms with Gasteiger partial charge in [-0.15, -0.1) is 0 Å². The molecular weight excluding hydrogens is 690 g/mol. The zero-order valence-electron chi connectivity index (χ0n) is 34.5. The monoisotopic (exact) mass is 762 g/mol. The maximum Gasteiger partial charge on any atom is 0.311 e. The van der Waals surface area contributed by atoms with Gasteiger partial charge in [0, 0.05) is 44.2 Å². The summed E-state index contributed by atoms with van der Waals surface area (Å²) in [5.74, 6) is 2.50. The van der Waals surface area contributed by atoms with Gasteiger partial charge in [0.05, 0.1) is 47.6 Å². The fraction of sp³-hybridized carbons (Fsp3) is 0.947. The topological polar surface area (TPSA) is 204 Å². The molecule has 0 aromatic rings. The average molecular weight is 762 g/mol. The standard InChI is InChI=1S/C38H71N3O12/c1-15-26-38(10,46)31(43)21(4)28(40-39)19(2)17-37(9,48-14)33(53-35-29(42)25(41(11)12)16-20(3)49-35)22(5)30(23(6)34(45)51-26)52-27-18-36(8,47-13)32(44)24(7)50-27/h19-27,29-33,35,42-44,46H,15-18,39H2,1-14H3/b40-28+/t19-,20-,21+,22+,23-,24+,25+,26-,27+,29-,30+,31-,32+,33-,35?,36-,37-,38-/m1/s1. The maximum atomic E-state index is 14.3. The van der Waals surface area contributed by atoms with Gasteiger partial charge >= 0.3 is 5.97 Å². The molecule has 3 heterocycles. The normalized spacial score (nSPS) is 49.1. The van der Waals surface area contributed by atoms with E-state index < -0.39 is 102 Å². The van der Waals surface area contributed by atoms with Crippen molar-refractivity contribution in [1.29, 1.82) is 0 Å². The van der Waals surface area contributed by atoms with Crippen LogP contribution in [0.15, 0.2) is 5.10 Å². The molecule has 3 aliphatic heterocycles. The molecule has 310 valence electrons. The smallest absolute Gasteiger partial charge is 0.311 e. The number of esters is 1. The first-order valence-corrected chi connectivity index (χ1v) is 19.2. The van der Waals surface area contributed by atoms with Crippen LogP contribution in [0.2, 0.25) is 0 Å². The SMILES string of the molecule is CC[C@H]1OC(=O)[C@H](C)[C@@H](O[C@H]2C[C@@](C)(OC)[C@@H](O)[C@H](C)O2)[C@H](C)[C@@H](OC2O[C@H](C)C[C@H](N(C)C)[C@H]2O)[C@](C)(OC)C[C@@H](C)/C(=N\N)[C@H](C)[C@@H](O)[C@]1(C)O. The molecule has 1 unspecified atom stereocenters. The van der Waals surface area contributed by atoms with Crippen molar-refractivity contribution >= 4 is 11.7 Å². The molecule has 53 heavy (non-hydrogen) atoms. The molecule has 18 atom stereocenters. The number of carbonyl (C=O) groups is 1. The van der Waals surface area contributed by atoms with Gasteiger partial charge in [0.25, 0.3) is 0 Å². The molecule has 0 radical (unpaired) electrons. The van der Waals surface area contributed by atoms with Crippen molar-refractivity contribution in [1.82, 2.24) is 4.90 Å². The summed E-state index contributed by atoms with van der Waals surface area (Å²) in [7, 11) is 6.86. The van der Waals surface area contributed by atoms with E-state index in [1.165, 1.54) is 14.0 Å². The van der Waals surface area contributed by atoms with Crippen LogP contribution < -0.4 is 5.84 Å². The van der Waals surface area contributed by atoms with Crippen LogP contribution in [0, 0.1) is 23.7 Å². The fourth-order valence-electron chi connectivity index (χ4n) is 8.84. The third kappa shape index (κ3) is 9.73. The number of aliphatic hydroxyl groups excluding tert-OH is 3. The van der Waals surface area contributed by atoms with Gasteiger partial charge in [-0.3, -0.25) is 4.79 Å². The largest absolute Gasteiger partial charge is 0.459 e. The Labute approximate surface area is 316 Å². The number of nitrogens with zero attached hydrogens (tertiary/aromatic N) is 2. The van der Waals surface area contributed by atoms with E-state index in [4.69, 9.17) is 39.0 Å². The number of hydrogen-bond donors (Lipinski definition) is 5. The molecule has 3 aliphatic rings. The lowest BCUT2D eigenvalue weighted by molar-refractivity contribution is -0.319. The second-order valence-electron chi connectivity index (χ2n) is 16.8. The van der Waals surface area contributed by atoms with Crippen LogP contribution in [0.3, 0.4) is 0 Å². The molecule has 3 fully saturated rings. The quantitative estimate of drug-likeness (QED) is 0.137. The Morgan fingerprint density at radius 3 is 2.04 bits per heavy atom. The number of likely N-dealkylation sites (N-methyl/N-ethyl adjacent to an activating group) is 1. The van der Waals surface area contributed by atoms with E-state index in [0.29, 0.717) is 12.1 Å². The lowest BCUT2D eigenvalue weighted by Crippen LogP contribution is -2.61. The van der Waals surface area contributed by atoms with Crippen molar-refractivity contribution in [2.24, 2.45) is 34.6 Å². The van der Waals surface area contributed by atoms with Crippen molar-refractivity contribution in [3.8, 4) is 0 Å². The predicted molar refractivity (Wildman–Crippen MR) is 198 cm³/mol. The maximum absolute atomic E-state index is 14.3. The van der Waals surface area contributed by atoms with Crippen molar-refractivity contribution in [3.05, 3.63) is 0 Å². The molecule has 0 aromatic heterocycles. The van der Waals surface area contributed by atoms with Gasteiger partial charge in [-0.2, -0.15) is 5.10 Å². The van der Waals surface area contributed by atoms with Gasteiger partial charge in [-0.05, 0) is 80.8 Å². The molecule has 0 aliphatic carbocycles. The summed E-state index contributed by atoms with van der Waals surface area (Å²) < 4.78 is 44.3. The fourth-order valence-corrected chi connectivity index (χ4v) is 8.84. The molecule has 15 nitrogen and oxygen atoms in total. The van der Waals surface area contributed by atoms with Gasteiger partial charge in [0.1, 0.15) is 23.9 Å². The van der Waals surface area contributed by atoms with Crippen molar-refractivity contribution in [2.75, 3.05) is 28.3 Å². The summed E-state index contributed by atoms with van der Waals surface area (Å²) in [6.07, 6.45) is -8.11. The first kappa shape index (κ1) is 45.9. The number of methoxy groups -OCH3 is 2. The Bertz CT molecular complexity index is 1220.